The number of imidazole rings is 1. The summed E-state index contributed by atoms with van der Waals surface area (Å²) in [6.07, 6.45) is 3.93. The second kappa shape index (κ2) is 5.34. The van der Waals surface area contributed by atoms with E-state index in [1.165, 1.54) is 6.33 Å². The Morgan fingerprint density at radius 3 is 2.80 bits per heavy atom. The van der Waals surface area contributed by atoms with Crippen LogP contribution in [0.4, 0.5) is 5.82 Å². The molecule has 0 radical (unpaired) electrons. The Morgan fingerprint density at radius 2 is 2.05 bits per heavy atom. The van der Waals surface area contributed by atoms with Crippen molar-refractivity contribution in [1.29, 1.82) is 0 Å². The highest BCUT2D eigenvalue weighted by Crippen LogP contribution is 2.13. The lowest BCUT2D eigenvalue weighted by Gasteiger charge is -2.32. The third kappa shape index (κ3) is 2.59. The summed E-state index contributed by atoms with van der Waals surface area (Å²) in [6, 6.07) is 0. The van der Waals surface area contributed by atoms with Gasteiger partial charge in [-0.25, -0.2) is 15.0 Å². The highest BCUT2D eigenvalue weighted by molar-refractivity contribution is 5.80. The number of aromatic nitrogens is 4. The number of ether oxygens (including phenoxy) is 1. The lowest BCUT2D eigenvalue weighted by Crippen LogP contribution is -3.15. The molecule has 0 bridgehead atoms. The molecule has 3 heterocycles. The molecule has 3 N–H and O–H groups in total. The van der Waals surface area contributed by atoms with Crippen molar-refractivity contribution in [3.05, 3.63) is 12.7 Å². The summed E-state index contributed by atoms with van der Waals surface area (Å²) >= 11 is 0. The summed E-state index contributed by atoms with van der Waals surface area (Å²) in [5.74, 6) is 0.440. The first-order chi connectivity index (χ1) is 9.63. The Balaban J connectivity index is 1.69. The van der Waals surface area contributed by atoms with Gasteiger partial charge >= 0.3 is 0 Å². The molecular formula is C13H21N6O+. The molecule has 1 saturated heterocycles. The van der Waals surface area contributed by atoms with E-state index < -0.39 is 0 Å². The second-order valence-corrected chi connectivity index (χ2v) is 5.53. The van der Waals surface area contributed by atoms with Crippen LogP contribution in [0, 0.1) is 0 Å². The normalized spacial score (nSPS) is 27.0. The highest BCUT2D eigenvalue weighted by atomic mass is 16.5. The van der Waals surface area contributed by atoms with E-state index >= 15 is 0 Å². The van der Waals surface area contributed by atoms with Crippen LogP contribution >= 0.6 is 0 Å². The Kier molecular flexibility index (Phi) is 3.54. The Hall–Kier alpha value is -1.73. The molecule has 0 aromatic carbocycles. The number of nitrogens with one attached hydrogen (secondary N) is 1. The number of nitrogens with two attached hydrogens (primary N) is 1. The number of nitrogen functional groups attached to an aromatic ring is 1. The zero-order chi connectivity index (χ0) is 14.1. The lowest BCUT2D eigenvalue weighted by molar-refractivity contribution is -0.915. The van der Waals surface area contributed by atoms with Gasteiger partial charge < -0.3 is 19.9 Å². The van der Waals surface area contributed by atoms with Gasteiger partial charge in [-0.15, -0.1) is 0 Å². The van der Waals surface area contributed by atoms with Gasteiger partial charge in [-0.2, -0.15) is 0 Å². The fourth-order valence-corrected chi connectivity index (χ4v) is 2.93. The van der Waals surface area contributed by atoms with Crippen LogP contribution in [0.5, 0.6) is 0 Å². The van der Waals surface area contributed by atoms with Crippen molar-refractivity contribution < 1.29 is 9.64 Å². The average Bonchev–Trinajstić information content (AvgIpc) is 2.80. The predicted molar refractivity (Wildman–Crippen MR) is 75.3 cm³/mol. The average molecular weight is 277 g/mol. The first kappa shape index (κ1) is 13.3. The number of morpholine rings is 1. The van der Waals surface area contributed by atoms with Gasteiger partial charge in [0.2, 0.25) is 0 Å². The lowest BCUT2D eigenvalue weighted by atomic mass is 10.2. The Bertz CT molecular complexity index is 588. The number of anilines is 1. The highest BCUT2D eigenvalue weighted by Gasteiger charge is 2.25. The van der Waals surface area contributed by atoms with Crippen molar-refractivity contribution in [3.8, 4) is 0 Å². The van der Waals surface area contributed by atoms with Crippen LogP contribution in [0.15, 0.2) is 12.7 Å². The van der Waals surface area contributed by atoms with Gasteiger partial charge in [0.05, 0.1) is 19.4 Å². The minimum Gasteiger partial charge on any atom is -0.382 e. The summed E-state index contributed by atoms with van der Waals surface area (Å²) in [4.78, 5) is 14.1. The molecule has 108 valence electrons. The number of nitrogens with zero attached hydrogens (tertiary/aromatic N) is 4. The molecule has 2 aromatic rings. The van der Waals surface area contributed by atoms with Gasteiger partial charge in [0, 0.05) is 0 Å². The van der Waals surface area contributed by atoms with Crippen molar-refractivity contribution in [3.63, 3.8) is 0 Å². The number of hydrogen-bond donors (Lipinski definition) is 2. The molecule has 0 saturated carbocycles. The molecule has 1 aliphatic heterocycles. The van der Waals surface area contributed by atoms with Crippen molar-refractivity contribution in [1.82, 2.24) is 19.5 Å². The molecule has 0 spiro atoms. The quantitative estimate of drug-likeness (QED) is 0.760. The standard InChI is InChI=1S/C13H20N6O/c1-9-5-18(6-10(2)20-9)3-4-19-8-17-11-12(14)15-7-16-13(11)19/h7-10H,3-6H2,1-2H3,(H2,14,15,16)/p+1/t9-,10+. The smallest absolute Gasteiger partial charge is 0.165 e. The van der Waals surface area contributed by atoms with Crippen LogP contribution in [-0.4, -0.2) is 51.4 Å². The van der Waals surface area contributed by atoms with E-state index in [-0.39, 0.29) is 0 Å². The fourth-order valence-electron chi connectivity index (χ4n) is 2.93. The van der Waals surface area contributed by atoms with E-state index in [1.807, 2.05) is 4.57 Å². The maximum absolute atomic E-state index is 5.80. The molecule has 7 nitrogen and oxygen atoms in total. The molecule has 1 aliphatic rings. The van der Waals surface area contributed by atoms with E-state index in [1.54, 1.807) is 11.2 Å². The predicted octanol–water partition coefficient (Wildman–Crippen LogP) is -0.899. The van der Waals surface area contributed by atoms with Crippen LogP contribution in [0.2, 0.25) is 0 Å². The van der Waals surface area contributed by atoms with E-state index in [0.29, 0.717) is 23.5 Å². The molecule has 0 aliphatic carbocycles. The number of hydrogen-bond acceptors (Lipinski definition) is 5. The van der Waals surface area contributed by atoms with Crippen LogP contribution in [0.3, 0.4) is 0 Å². The Labute approximate surface area is 117 Å². The van der Waals surface area contributed by atoms with Gasteiger partial charge in [-0.1, -0.05) is 0 Å². The molecule has 2 aromatic heterocycles. The zero-order valence-corrected chi connectivity index (χ0v) is 11.9. The number of fused-ring (bicyclic) bond motifs is 1. The minimum atomic E-state index is 0.325. The van der Waals surface area contributed by atoms with Gasteiger partial charge in [0.25, 0.3) is 0 Å². The SMILES string of the molecule is C[C@@H]1C[NH+](CCn2cnc3c(N)ncnc32)C[C@H](C)O1. The van der Waals surface area contributed by atoms with Crippen LogP contribution in [0.1, 0.15) is 13.8 Å². The van der Waals surface area contributed by atoms with Crippen molar-refractivity contribution in [2.75, 3.05) is 25.4 Å². The van der Waals surface area contributed by atoms with Crippen molar-refractivity contribution in [2.45, 2.75) is 32.6 Å². The van der Waals surface area contributed by atoms with Gasteiger partial charge in [0.1, 0.15) is 37.1 Å². The summed E-state index contributed by atoms with van der Waals surface area (Å²) < 4.78 is 7.81. The van der Waals surface area contributed by atoms with Gasteiger partial charge in [-0.05, 0) is 13.8 Å². The van der Waals surface area contributed by atoms with E-state index in [9.17, 15) is 0 Å². The molecule has 3 atom stereocenters. The first-order valence-corrected chi connectivity index (χ1v) is 7.04. The topological polar surface area (TPSA) is 83.3 Å². The third-order valence-corrected chi connectivity index (χ3v) is 3.75. The van der Waals surface area contributed by atoms with E-state index in [4.69, 9.17) is 10.5 Å². The molecule has 1 fully saturated rings. The van der Waals surface area contributed by atoms with Crippen LogP contribution in [0.25, 0.3) is 11.2 Å². The first-order valence-electron chi connectivity index (χ1n) is 7.04. The summed E-state index contributed by atoms with van der Waals surface area (Å²) in [5, 5.41) is 0. The summed E-state index contributed by atoms with van der Waals surface area (Å²) in [7, 11) is 0. The van der Waals surface area contributed by atoms with Gasteiger partial charge in [0.15, 0.2) is 11.5 Å². The molecule has 7 heteroatoms. The number of rotatable bonds is 3. The molecule has 1 unspecified atom stereocenters. The molecule has 0 amide bonds. The molecule has 3 rings (SSSR count). The monoisotopic (exact) mass is 277 g/mol. The third-order valence-electron chi connectivity index (χ3n) is 3.75. The zero-order valence-electron chi connectivity index (χ0n) is 11.9. The van der Waals surface area contributed by atoms with Crippen molar-refractivity contribution in [2.24, 2.45) is 0 Å². The summed E-state index contributed by atoms with van der Waals surface area (Å²) in [6.45, 7) is 8.28. The van der Waals surface area contributed by atoms with E-state index in [0.717, 1.165) is 31.8 Å². The van der Waals surface area contributed by atoms with Crippen molar-refractivity contribution >= 4 is 17.0 Å². The largest absolute Gasteiger partial charge is 0.382 e. The van der Waals surface area contributed by atoms with Gasteiger partial charge in [-0.3, -0.25) is 0 Å². The fraction of sp³-hybridized carbons (Fsp3) is 0.615. The second-order valence-electron chi connectivity index (χ2n) is 5.53. The molecule has 20 heavy (non-hydrogen) atoms. The Morgan fingerprint density at radius 1 is 1.30 bits per heavy atom. The van der Waals surface area contributed by atoms with E-state index in [2.05, 4.69) is 28.8 Å². The maximum atomic E-state index is 5.80. The minimum absolute atomic E-state index is 0.325. The van der Waals surface area contributed by atoms with Crippen LogP contribution < -0.4 is 10.6 Å². The van der Waals surface area contributed by atoms with Crippen LogP contribution in [-0.2, 0) is 11.3 Å². The summed E-state index contributed by atoms with van der Waals surface area (Å²) in [5.41, 5.74) is 7.29. The molecular weight excluding hydrogens is 256 g/mol. The maximum Gasteiger partial charge on any atom is 0.165 e. The number of quaternary nitrogens is 1.